The predicted molar refractivity (Wildman–Crippen MR) is 169 cm³/mol. The number of nitro groups is 1. The van der Waals surface area contributed by atoms with Gasteiger partial charge in [-0.1, -0.05) is 91.0 Å². The van der Waals surface area contributed by atoms with Gasteiger partial charge in [-0.3, -0.25) is 15.0 Å². The van der Waals surface area contributed by atoms with Gasteiger partial charge in [0.25, 0.3) is 0 Å². The number of phenols is 2. The highest BCUT2D eigenvalue weighted by Gasteiger charge is 2.28. The largest absolute Gasteiger partial charge is 0.508 e. The van der Waals surface area contributed by atoms with Crippen molar-refractivity contribution in [2.45, 2.75) is 25.1 Å². The van der Waals surface area contributed by atoms with Crippen molar-refractivity contribution in [3.05, 3.63) is 165 Å². The number of nitrogens with zero attached hydrogens (tertiary/aromatic N) is 2. The Hall–Kier alpha value is -5.18. The lowest BCUT2D eigenvalue weighted by Crippen LogP contribution is -2.34. The molecule has 0 saturated carbocycles. The lowest BCUT2D eigenvalue weighted by molar-refractivity contribution is -0.386. The minimum Gasteiger partial charge on any atom is -0.508 e. The molecule has 0 radical (unpaired) electrons. The first-order valence-electron chi connectivity index (χ1n) is 14.3. The minimum atomic E-state index is -0.589. The Bertz CT molecular complexity index is 1600. The van der Waals surface area contributed by atoms with Crippen molar-refractivity contribution in [3.63, 3.8) is 0 Å². The van der Waals surface area contributed by atoms with Gasteiger partial charge in [-0.25, -0.2) is 0 Å². The average Bonchev–Trinajstić information content (AvgIpc) is 3.05. The van der Waals surface area contributed by atoms with E-state index in [1.807, 2.05) is 84.9 Å². The van der Waals surface area contributed by atoms with E-state index in [9.17, 15) is 25.4 Å². The number of aliphatic hydroxyl groups is 1. The number of phenolic OH excluding ortho intramolecular Hbond substituents is 2. The molecular formula is C36H34N2O6. The second-order valence-electron chi connectivity index (χ2n) is 10.6. The minimum absolute atomic E-state index is 0.148. The fourth-order valence-electron chi connectivity index (χ4n) is 5.34. The summed E-state index contributed by atoms with van der Waals surface area (Å²) < 4.78 is 5.85. The van der Waals surface area contributed by atoms with Crippen molar-refractivity contribution < 1.29 is 25.0 Å². The molecule has 44 heavy (non-hydrogen) atoms. The van der Waals surface area contributed by atoms with Crippen LogP contribution in [0.15, 0.2) is 127 Å². The number of nitro benzene ring substituents is 1. The Labute approximate surface area is 256 Å². The van der Waals surface area contributed by atoms with Gasteiger partial charge in [-0.05, 0) is 58.1 Å². The Kier molecular flexibility index (Phi) is 9.86. The van der Waals surface area contributed by atoms with Crippen molar-refractivity contribution in [1.82, 2.24) is 4.90 Å². The number of ether oxygens (including phenoxy) is 1. The van der Waals surface area contributed by atoms with Gasteiger partial charge in [0, 0.05) is 25.1 Å². The molecule has 0 fully saturated rings. The maximum atomic E-state index is 12.2. The molecule has 0 aromatic heterocycles. The topological polar surface area (TPSA) is 116 Å². The molecule has 0 amide bonds. The van der Waals surface area contributed by atoms with Crippen molar-refractivity contribution in [2.24, 2.45) is 0 Å². The SMILES string of the molecule is O=[N+]([O-])c1cc(C(CO)N(Cc2ccccc2)CC(c2ccc(O)cc2)c2ccc(O)cc2)ccc1OCc1ccccc1. The summed E-state index contributed by atoms with van der Waals surface area (Å²) in [6.45, 7) is 0.784. The van der Waals surface area contributed by atoms with E-state index in [1.54, 1.807) is 36.4 Å². The zero-order valence-corrected chi connectivity index (χ0v) is 24.1. The van der Waals surface area contributed by atoms with E-state index < -0.39 is 11.0 Å². The van der Waals surface area contributed by atoms with Gasteiger partial charge in [-0.2, -0.15) is 0 Å². The van der Waals surface area contributed by atoms with Crippen molar-refractivity contribution in [1.29, 1.82) is 0 Å². The van der Waals surface area contributed by atoms with E-state index >= 15 is 0 Å². The number of aliphatic hydroxyl groups excluding tert-OH is 1. The van der Waals surface area contributed by atoms with Crippen molar-refractivity contribution in [3.8, 4) is 17.2 Å². The lowest BCUT2D eigenvalue weighted by Gasteiger charge is -2.34. The van der Waals surface area contributed by atoms with E-state index in [2.05, 4.69) is 4.90 Å². The van der Waals surface area contributed by atoms with Gasteiger partial charge in [0.15, 0.2) is 5.75 Å². The maximum absolute atomic E-state index is 12.2. The number of rotatable bonds is 13. The van der Waals surface area contributed by atoms with Crippen molar-refractivity contribution >= 4 is 5.69 Å². The summed E-state index contributed by atoms with van der Waals surface area (Å²) in [7, 11) is 0. The van der Waals surface area contributed by atoms with E-state index in [4.69, 9.17) is 4.74 Å². The predicted octanol–water partition coefficient (Wildman–Crippen LogP) is 6.95. The number of hydrogen-bond acceptors (Lipinski definition) is 7. The third-order valence-electron chi connectivity index (χ3n) is 7.65. The van der Waals surface area contributed by atoms with Gasteiger partial charge in [0.05, 0.1) is 17.6 Å². The van der Waals surface area contributed by atoms with Gasteiger partial charge in [0.1, 0.15) is 18.1 Å². The first kappa shape index (κ1) is 30.3. The number of aromatic hydroxyl groups is 2. The van der Waals surface area contributed by atoms with Crippen LogP contribution >= 0.6 is 0 Å². The molecule has 0 heterocycles. The summed E-state index contributed by atoms with van der Waals surface area (Å²) in [5.74, 6) is 0.237. The fourth-order valence-corrected chi connectivity index (χ4v) is 5.34. The molecule has 0 bridgehead atoms. The number of benzene rings is 5. The summed E-state index contributed by atoms with van der Waals surface area (Å²) in [5.41, 5.74) is 4.17. The second-order valence-corrected chi connectivity index (χ2v) is 10.6. The van der Waals surface area contributed by atoms with E-state index in [-0.39, 0.29) is 42.1 Å². The smallest absolute Gasteiger partial charge is 0.311 e. The fraction of sp³-hybridized carbons (Fsp3) is 0.167. The third kappa shape index (κ3) is 7.60. The lowest BCUT2D eigenvalue weighted by atomic mass is 9.89. The van der Waals surface area contributed by atoms with Crippen LogP contribution in [0.5, 0.6) is 17.2 Å². The summed E-state index contributed by atoms with van der Waals surface area (Å²) in [5, 5.41) is 42.9. The Morgan fingerprint density at radius 2 is 1.23 bits per heavy atom. The molecule has 0 aliphatic heterocycles. The van der Waals surface area contributed by atoms with Crippen LogP contribution in [0.3, 0.4) is 0 Å². The summed E-state index contributed by atoms with van der Waals surface area (Å²) in [4.78, 5) is 13.8. The highest BCUT2D eigenvalue weighted by Crippen LogP contribution is 2.36. The Morgan fingerprint density at radius 3 is 1.75 bits per heavy atom. The molecule has 5 aromatic carbocycles. The van der Waals surface area contributed by atoms with Crippen LogP contribution in [-0.4, -0.2) is 38.3 Å². The highest BCUT2D eigenvalue weighted by atomic mass is 16.6. The standard InChI is InChI=1S/C36H34N2O6/c39-24-35(30-15-20-36(34(21-30)38(42)43)44-25-27-9-5-2-6-10-27)37(22-26-7-3-1-4-8-26)23-33(28-11-16-31(40)17-12-28)29-13-18-32(41)19-14-29/h1-21,33,35,39-41H,22-25H2. The first-order valence-corrected chi connectivity index (χ1v) is 14.3. The normalized spacial score (nSPS) is 11.9. The van der Waals surface area contributed by atoms with Crippen LogP contribution in [0.2, 0.25) is 0 Å². The molecule has 8 heteroatoms. The van der Waals surface area contributed by atoms with Crippen LogP contribution in [0.4, 0.5) is 5.69 Å². The summed E-state index contributed by atoms with van der Waals surface area (Å²) in [6.07, 6.45) is 0. The van der Waals surface area contributed by atoms with E-state index in [0.29, 0.717) is 18.7 Å². The Balaban J connectivity index is 1.51. The maximum Gasteiger partial charge on any atom is 0.311 e. The van der Waals surface area contributed by atoms with E-state index in [1.165, 1.54) is 6.07 Å². The molecule has 0 spiro atoms. The summed E-state index contributed by atoms with van der Waals surface area (Å²) in [6, 6.07) is 37.5. The van der Waals surface area contributed by atoms with Crippen LogP contribution in [0.1, 0.15) is 39.8 Å². The van der Waals surface area contributed by atoms with Crippen LogP contribution in [0.25, 0.3) is 0 Å². The van der Waals surface area contributed by atoms with E-state index in [0.717, 1.165) is 22.3 Å². The van der Waals surface area contributed by atoms with Crippen LogP contribution in [-0.2, 0) is 13.2 Å². The highest BCUT2D eigenvalue weighted by molar-refractivity contribution is 5.50. The first-order chi connectivity index (χ1) is 21.4. The monoisotopic (exact) mass is 590 g/mol. The molecule has 0 saturated heterocycles. The molecule has 1 unspecified atom stereocenters. The molecular weight excluding hydrogens is 556 g/mol. The quantitative estimate of drug-likeness (QED) is 0.100. The molecule has 0 aliphatic rings. The van der Waals surface area contributed by atoms with Crippen LogP contribution in [0, 0.1) is 10.1 Å². The second kappa shape index (κ2) is 14.3. The molecule has 5 rings (SSSR count). The van der Waals surface area contributed by atoms with Gasteiger partial charge < -0.3 is 20.1 Å². The molecule has 224 valence electrons. The van der Waals surface area contributed by atoms with Gasteiger partial charge in [-0.15, -0.1) is 0 Å². The van der Waals surface area contributed by atoms with Gasteiger partial charge >= 0.3 is 5.69 Å². The molecule has 0 aliphatic carbocycles. The molecule has 1 atom stereocenters. The average molecular weight is 591 g/mol. The summed E-state index contributed by atoms with van der Waals surface area (Å²) >= 11 is 0. The molecule has 3 N–H and O–H groups in total. The molecule has 5 aromatic rings. The number of hydrogen-bond donors (Lipinski definition) is 3. The molecule has 8 nitrogen and oxygen atoms in total. The zero-order valence-electron chi connectivity index (χ0n) is 24.1. The van der Waals surface area contributed by atoms with Crippen LogP contribution < -0.4 is 4.74 Å². The Morgan fingerprint density at radius 1 is 0.705 bits per heavy atom. The third-order valence-corrected chi connectivity index (χ3v) is 7.65. The van der Waals surface area contributed by atoms with Gasteiger partial charge in [0.2, 0.25) is 0 Å². The zero-order chi connectivity index (χ0) is 30.9. The van der Waals surface area contributed by atoms with Crippen molar-refractivity contribution in [2.75, 3.05) is 13.2 Å².